The first-order valence-electron chi connectivity index (χ1n) is 4.70. The van der Waals surface area contributed by atoms with E-state index in [-0.39, 0.29) is 35.1 Å². The Labute approximate surface area is 77.4 Å². The fourth-order valence-electron chi connectivity index (χ4n) is 2.54. The van der Waals surface area contributed by atoms with Crippen molar-refractivity contribution in [3.63, 3.8) is 0 Å². The smallest absolute Gasteiger partial charge is 0.317 e. The largest absolute Gasteiger partial charge is 0.393 e. The number of rotatable bonds is 0. The van der Waals surface area contributed by atoms with E-state index in [0.717, 1.165) is 0 Å². The SMILES string of the molecule is CC1C2CC(C(=O)OC2=O)C1(C)C. The van der Waals surface area contributed by atoms with Crippen LogP contribution in [0.1, 0.15) is 27.2 Å². The zero-order valence-corrected chi connectivity index (χ0v) is 8.16. The van der Waals surface area contributed by atoms with Crippen molar-refractivity contribution < 1.29 is 14.3 Å². The van der Waals surface area contributed by atoms with Gasteiger partial charge in [-0.1, -0.05) is 20.8 Å². The van der Waals surface area contributed by atoms with Gasteiger partial charge in [0.1, 0.15) is 0 Å². The molecule has 3 unspecified atom stereocenters. The van der Waals surface area contributed by atoms with Crippen LogP contribution in [0.5, 0.6) is 0 Å². The third-order valence-corrected chi connectivity index (χ3v) is 3.95. The molecule has 1 saturated heterocycles. The zero-order valence-electron chi connectivity index (χ0n) is 8.16. The van der Waals surface area contributed by atoms with E-state index in [0.29, 0.717) is 6.42 Å². The maximum absolute atomic E-state index is 11.4. The number of ether oxygens (including phenoxy) is 1. The van der Waals surface area contributed by atoms with E-state index < -0.39 is 0 Å². The number of hydrogen-bond donors (Lipinski definition) is 0. The Morgan fingerprint density at radius 1 is 1.31 bits per heavy atom. The van der Waals surface area contributed by atoms with Crippen LogP contribution in [-0.4, -0.2) is 11.9 Å². The van der Waals surface area contributed by atoms with Gasteiger partial charge < -0.3 is 4.74 Å². The number of carbonyl (C=O) groups excluding carboxylic acids is 2. The lowest BCUT2D eigenvalue weighted by molar-refractivity contribution is -0.169. The van der Waals surface area contributed by atoms with Crippen LogP contribution >= 0.6 is 0 Å². The highest BCUT2D eigenvalue weighted by Crippen LogP contribution is 2.53. The van der Waals surface area contributed by atoms with Crippen LogP contribution in [0.15, 0.2) is 0 Å². The second-order valence-electron chi connectivity index (χ2n) is 4.74. The molecule has 0 radical (unpaired) electrons. The molecule has 0 aromatic rings. The van der Waals surface area contributed by atoms with Crippen molar-refractivity contribution in [1.29, 1.82) is 0 Å². The van der Waals surface area contributed by atoms with Crippen LogP contribution in [0.2, 0.25) is 0 Å². The third kappa shape index (κ3) is 0.960. The van der Waals surface area contributed by atoms with Crippen molar-refractivity contribution in [3.05, 3.63) is 0 Å². The average Bonchev–Trinajstić information content (AvgIpc) is 2.21. The summed E-state index contributed by atoms with van der Waals surface area (Å²) in [6, 6.07) is 0. The number of carbonyl (C=O) groups is 2. The van der Waals surface area contributed by atoms with Crippen LogP contribution < -0.4 is 0 Å². The maximum Gasteiger partial charge on any atom is 0.317 e. The Hall–Kier alpha value is -0.860. The Kier molecular flexibility index (Phi) is 1.57. The van der Waals surface area contributed by atoms with Crippen molar-refractivity contribution in [2.75, 3.05) is 0 Å². The molecule has 3 atom stereocenters. The summed E-state index contributed by atoms with van der Waals surface area (Å²) in [5.41, 5.74) is -0.0894. The maximum atomic E-state index is 11.4. The molecular formula is C10H14O3. The molecule has 2 aliphatic rings. The highest BCUT2D eigenvalue weighted by Gasteiger charge is 2.57. The second kappa shape index (κ2) is 2.34. The molecule has 2 bridgehead atoms. The van der Waals surface area contributed by atoms with E-state index in [9.17, 15) is 9.59 Å². The number of esters is 2. The van der Waals surface area contributed by atoms with Gasteiger partial charge in [0.05, 0.1) is 11.8 Å². The predicted octanol–water partition coefficient (Wildman–Crippen LogP) is 1.37. The molecule has 2 fully saturated rings. The molecule has 72 valence electrons. The number of cyclic esters (lactones) is 2. The van der Waals surface area contributed by atoms with Crippen LogP contribution in [0.25, 0.3) is 0 Å². The van der Waals surface area contributed by atoms with Gasteiger partial charge in [-0.25, -0.2) is 0 Å². The van der Waals surface area contributed by atoms with Gasteiger partial charge in [0.15, 0.2) is 0 Å². The van der Waals surface area contributed by atoms with E-state index in [4.69, 9.17) is 4.74 Å². The van der Waals surface area contributed by atoms with Gasteiger partial charge in [-0.05, 0) is 17.8 Å². The number of fused-ring (bicyclic) bond motifs is 2. The van der Waals surface area contributed by atoms with E-state index >= 15 is 0 Å². The lowest BCUT2D eigenvalue weighted by Gasteiger charge is -2.27. The molecule has 0 aromatic carbocycles. The summed E-state index contributed by atoms with van der Waals surface area (Å²) in [4.78, 5) is 22.7. The third-order valence-electron chi connectivity index (χ3n) is 3.95. The molecular weight excluding hydrogens is 168 g/mol. The quantitative estimate of drug-likeness (QED) is 0.419. The van der Waals surface area contributed by atoms with Gasteiger partial charge in [-0.2, -0.15) is 0 Å². The van der Waals surface area contributed by atoms with E-state index in [2.05, 4.69) is 0 Å². The summed E-state index contributed by atoms with van der Waals surface area (Å²) >= 11 is 0. The number of hydrogen-bond acceptors (Lipinski definition) is 3. The highest BCUT2D eigenvalue weighted by molar-refractivity contribution is 5.92. The van der Waals surface area contributed by atoms with Crippen molar-refractivity contribution in [1.82, 2.24) is 0 Å². The van der Waals surface area contributed by atoms with Gasteiger partial charge in [0, 0.05) is 0 Å². The Balaban J connectivity index is 2.41. The van der Waals surface area contributed by atoms with Crippen LogP contribution in [-0.2, 0) is 14.3 Å². The van der Waals surface area contributed by atoms with E-state index in [1.54, 1.807) is 0 Å². The van der Waals surface area contributed by atoms with Crippen LogP contribution in [0, 0.1) is 23.2 Å². The normalized spacial score (nSPS) is 41.9. The lowest BCUT2D eigenvalue weighted by Crippen LogP contribution is -2.32. The van der Waals surface area contributed by atoms with Gasteiger partial charge in [0.2, 0.25) is 0 Å². The van der Waals surface area contributed by atoms with Gasteiger partial charge >= 0.3 is 11.9 Å². The first kappa shape index (κ1) is 8.73. The van der Waals surface area contributed by atoms with Crippen molar-refractivity contribution >= 4 is 11.9 Å². The Morgan fingerprint density at radius 3 is 2.54 bits per heavy atom. The fraction of sp³-hybridized carbons (Fsp3) is 0.800. The molecule has 0 aromatic heterocycles. The molecule has 0 N–H and O–H groups in total. The summed E-state index contributed by atoms with van der Waals surface area (Å²) in [6.45, 7) is 6.12. The summed E-state index contributed by atoms with van der Waals surface area (Å²) in [7, 11) is 0. The molecule has 1 heterocycles. The minimum absolute atomic E-state index is 0.0577. The van der Waals surface area contributed by atoms with E-state index in [1.807, 2.05) is 20.8 Å². The van der Waals surface area contributed by atoms with Crippen LogP contribution in [0.4, 0.5) is 0 Å². The van der Waals surface area contributed by atoms with Crippen LogP contribution in [0.3, 0.4) is 0 Å². The zero-order chi connectivity index (χ0) is 9.80. The molecule has 0 spiro atoms. The molecule has 1 saturated carbocycles. The highest BCUT2D eigenvalue weighted by atomic mass is 16.6. The monoisotopic (exact) mass is 182 g/mol. The fourth-order valence-corrected chi connectivity index (χ4v) is 2.54. The summed E-state index contributed by atoms with van der Waals surface area (Å²) in [6.07, 6.45) is 0.686. The average molecular weight is 182 g/mol. The molecule has 1 aliphatic heterocycles. The minimum Gasteiger partial charge on any atom is -0.393 e. The standard InChI is InChI=1S/C10H14O3/c1-5-6-4-7(10(5,2)3)9(12)13-8(6)11/h5-7H,4H2,1-3H3. The molecule has 13 heavy (non-hydrogen) atoms. The van der Waals surface area contributed by atoms with Crippen molar-refractivity contribution in [3.8, 4) is 0 Å². The molecule has 1 aliphatic carbocycles. The molecule has 2 rings (SSSR count). The minimum atomic E-state index is -0.324. The van der Waals surface area contributed by atoms with E-state index in [1.165, 1.54) is 0 Å². The summed E-state index contributed by atoms with van der Waals surface area (Å²) < 4.78 is 4.70. The van der Waals surface area contributed by atoms with Gasteiger partial charge in [0.25, 0.3) is 0 Å². The van der Waals surface area contributed by atoms with Gasteiger partial charge in [-0.3, -0.25) is 9.59 Å². The summed E-state index contributed by atoms with van der Waals surface area (Å²) in [5.74, 6) is -0.533. The Bertz CT molecular complexity index is 280. The Morgan fingerprint density at radius 2 is 1.92 bits per heavy atom. The molecule has 3 nitrogen and oxygen atoms in total. The topological polar surface area (TPSA) is 43.4 Å². The molecule has 3 heteroatoms. The predicted molar refractivity (Wildman–Crippen MR) is 45.6 cm³/mol. The lowest BCUT2D eigenvalue weighted by atomic mass is 9.76. The summed E-state index contributed by atoms with van der Waals surface area (Å²) in [5, 5.41) is 0. The first-order valence-corrected chi connectivity index (χ1v) is 4.70. The second-order valence-corrected chi connectivity index (χ2v) is 4.74. The molecule has 0 amide bonds. The van der Waals surface area contributed by atoms with Crippen molar-refractivity contribution in [2.45, 2.75) is 27.2 Å². The van der Waals surface area contributed by atoms with Crippen molar-refractivity contribution in [2.24, 2.45) is 23.2 Å². The van der Waals surface area contributed by atoms with Gasteiger partial charge in [-0.15, -0.1) is 0 Å². The first-order chi connectivity index (χ1) is 5.94.